The summed E-state index contributed by atoms with van der Waals surface area (Å²) < 4.78 is 4.95. The standard InChI is InChI=1S/C8H13N3O/c1-12-8-6-7(2-4-11-8)10-5-3-9/h2,4,6H,3,5,9H2,1H3,(H,10,11). The molecule has 0 aliphatic rings. The molecule has 1 aromatic heterocycles. The Balaban J connectivity index is 2.60. The van der Waals surface area contributed by atoms with Crippen LogP contribution in [0.15, 0.2) is 18.3 Å². The molecule has 0 atom stereocenters. The summed E-state index contributed by atoms with van der Waals surface area (Å²) in [6, 6.07) is 3.70. The number of hydrogen-bond acceptors (Lipinski definition) is 4. The summed E-state index contributed by atoms with van der Waals surface area (Å²) >= 11 is 0. The topological polar surface area (TPSA) is 60.2 Å². The Morgan fingerprint density at radius 1 is 1.67 bits per heavy atom. The predicted molar refractivity (Wildman–Crippen MR) is 48.3 cm³/mol. The molecule has 0 saturated heterocycles. The van der Waals surface area contributed by atoms with E-state index < -0.39 is 0 Å². The lowest BCUT2D eigenvalue weighted by Crippen LogP contribution is -2.13. The van der Waals surface area contributed by atoms with Crippen LogP contribution < -0.4 is 15.8 Å². The van der Waals surface area contributed by atoms with Gasteiger partial charge in [-0.1, -0.05) is 0 Å². The molecule has 0 bridgehead atoms. The highest BCUT2D eigenvalue weighted by Crippen LogP contribution is 2.12. The summed E-state index contributed by atoms with van der Waals surface area (Å²) in [4.78, 5) is 3.97. The second-order valence-electron chi connectivity index (χ2n) is 2.30. The highest BCUT2D eigenvalue weighted by molar-refractivity contribution is 5.44. The summed E-state index contributed by atoms with van der Waals surface area (Å²) in [5.41, 5.74) is 6.32. The average Bonchev–Trinajstić information content (AvgIpc) is 2.15. The van der Waals surface area contributed by atoms with Crippen molar-refractivity contribution in [3.63, 3.8) is 0 Å². The van der Waals surface area contributed by atoms with Gasteiger partial charge < -0.3 is 15.8 Å². The number of hydrogen-bond donors (Lipinski definition) is 2. The zero-order valence-corrected chi connectivity index (χ0v) is 7.08. The summed E-state index contributed by atoms with van der Waals surface area (Å²) in [5.74, 6) is 0.608. The third-order valence-corrected chi connectivity index (χ3v) is 1.42. The third kappa shape index (κ3) is 2.39. The fraction of sp³-hybridized carbons (Fsp3) is 0.375. The van der Waals surface area contributed by atoms with Crippen LogP contribution in [0.2, 0.25) is 0 Å². The second kappa shape index (κ2) is 4.56. The SMILES string of the molecule is COc1cc(NCCN)ccn1. The van der Waals surface area contributed by atoms with Crippen LogP contribution in [0.25, 0.3) is 0 Å². The van der Waals surface area contributed by atoms with Crippen LogP contribution in [-0.4, -0.2) is 25.2 Å². The van der Waals surface area contributed by atoms with E-state index in [9.17, 15) is 0 Å². The lowest BCUT2D eigenvalue weighted by atomic mass is 10.4. The van der Waals surface area contributed by atoms with E-state index in [1.165, 1.54) is 0 Å². The molecule has 0 amide bonds. The molecule has 12 heavy (non-hydrogen) atoms. The molecule has 1 rings (SSSR count). The van der Waals surface area contributed by atoms with E-state index in [1.54, 1.807) is 13.3 Å². The Morgan fingerprint density at radius 2 is 2.50 bits per heavy atom. The molecule has 1 heterocycles. The van der Waals surface area contributed by atoms with Gasteiger partial charge in [-0.2, -0.15) is 0 Å². The molecular weight excluding hydrogens is 154 g/mol. The van der Waals surface area contributed by atoms with Crippen molar-refractivity contribution in [2.45, 2.75) is 0 Å². The summed E-state index contributed by atoms with van der Waals surface area (Å²) in [6.07, 6.45) is 1.69. The van der Waals surface area contributed by atoms with Gasteiger partial charge in [0.25, 0.3) is 0 Å². The molecule has 0 unspecified atom stereocenters. The maximum atomic E-state index is 5.34. The van der Waals surface area contributed by atoms with Crippen molar-refractivity contribution >= 4 is 5.69 Å². The molecular formula is C8H13N3O. The number of nitrogens with two attached hydrogens (primary N) is 1. The van der Waals surface area contributed by atoms with Crippen LogP contribution in [0.5, 0.6) is 5.88 Å². The molecule has 0 fully saturated rings. The van der Waals surface area contributed by atoms with Gasteiger partial charge in [-0.25, -0.2) is 4.98 Å². The normalized spacial score (nSPS) is 9.50. The lowest BCUT2D eigenvalue weighted by Gasteiger charge is -2.04. The van der Waals surface area contributed by atoms with Gasteiger partial charge in [-0.15, -0.1) is 0 Å². The molecule has 66 valence electrons. The highest BCUT2D eigenvalue weighted by atomic mass is 16.5. The summed E-state index contributed by atoms with van der Waals surface area (Å²) in [6.45, 7) is 1.37. The first-order valence-corrected chi connectivity index (χ1v) is 3.81. The van der Waals surface area contributed by atoms with Gasteiger partial charge in [0.05, 0.1) is 7.11 Å². The van der Waals surface area contributed by atoms with Crippen molar-refractivity contribution in [3.05, 3.63) is 18.3 Å². The van der Waals surface area contributed by atoms with Crippen molar-refractivity contribution < 1.29 is 4.74 Å². The Labute approximate surface area is 71.7 Å². The van der Waals surface area contributed by atoms with Crippen LogP contribution in [-0.2, 0) is 0 Å². The Kier molecular flexibility index (Phi) is 3.35. The van der Waals surface area contributed by atoms with Crippen LogP contribution in [0.3, 0.4) is 0 Å². The average molecular weight is 167 g/mol. The zero-order chi connectivity index (χ0) is 8.81. The lowest BCUT2D eigenvalue weighted by molar-refractivity contribution is 0.398. The Hall–Kier alpha value is -1.29. The number of methoxy groups -OCH3 is 1. The molecule has 4 nitrogen and oxygen atoms in total. The van der Waals surface area contributed by atoms with Gasteiger partial charge in [0.1, 0.15) is 0 Å². The maximum absolute atomic E-state index is 5.34. The smallest absolute Gasteiger partial charge is 0.214 e. The quantitative estimate of drug-likeness (QED) is 0.684. The molecule has 1 aromatic rings. The van der Waals surface area contributed by atoms with Gasteiger partial charge in [-0.3, -0.25) is 0 Å². The molecule has 4 heteroatoms. The third-order valence-electron chi connectivity index (χ3n) is 1.42. The number of ether oxygens (including phenoxy) is 1. The fourth-order valence-electron chi connectivity index (χ4n) is 0.848. The molecule has 0 radical (unpaired) electrons. The number of pyridine rings is 1. The van der Waals surface area contributed by atoms with Crippen LogP contribution >= 0.6 is 0 Å². The molecule has 0 saturated carbocycles. The van der Waals surface area contributed by atoms with Gasteiger partial charge in [-0.05, 0) is 6.07 Å². The van der Waals surface area contributed by atoms with Crippen LogP contribution in [0.4, 0.5) is 5.69 Å². The number of nitrogens with one attached hydrogen (secondary N) is 1. The first-order chi connectivity index (χ1) is 5.86. The van der Waals surface area contributed by atoms with E-state index in [1.807, 2.05) is 12.1 Å². The predicted octanol–water partition coefficient (Wildman–Crippen LogP) is 0.461. The van der Waals surface area contributed by atoms with E-state index >= 15 is 0 Å². The van der Waals surface area contributed by atoms with E-state index in [-0.39, 0.29) is 0 Å². The van der Waals surface area contributed by atoms with Gasteiger partial charge >= 0.3 is 0 Å². The minimum atomic E-state index is 0.608. The fourth-order valence-corrected chi connectivity index (χ4v) is 0.848. The second-order valence-corrected chi connectivity index (χ2v) is 2.30. The van der Waals surface area contributed by atoms with E-state index in [4.69, 9.17) is 10.5 Å². The van der Waals surface area contributed by atoms with Crippen molar-refractivity contribution in [2.24, 2.45) is 5.73 Å². The summed E-state index contributed by atoms with van der Waals surface area (Å²) in [7, 11) is 1.59. The first kappa shape index (κ1) is 8.80. The Bertz CT molecular complexity index is 239. The van der Waals surface area contributed by atoms with Crippen molar-refractivity contribution in [1.29, 1.82) is 0 Å². The number of anilines is 1. The molecule has 0 aromatic carbocycles. The number of rotatable bonds is 4. The molecule has 0 spiro atoms. The van der Waals surface area contributed by atoms with Crippen LogP contribution in [0.1, 0.15) is 0 Å². The molecule has 3 N–H and O–H groups in total. The van der Waals surface area contributed by atoms with Gasteiger partial charge in [0, 0.05) is 31.0 Å². The largest absolute Gasteiger partial charge is 0.481 e. The zero-order valence-electron chi connectivity index (χ0n) is 7.08. The van der Waals surface area contributed by atoms with E-state index in [0.717, 1.165) is 12.2 Å². The van der Waals surface area contributed by atoms with Gasteiger partial charge in [0.15, 0.2) is 0 Å². The number of aromatic nitrogens is 1. The van der Waals surface area contributed by atoms with E-state index in [2.05, 4.69) is 10.3 Å². The monoisotopic (exact) mass is 167 g/mol. The minimum Gasteiger partial charge on any atom is -0.481 e. The van der Waals surface area contributed by atoms with Gasteiger partial charge in [0.2, 0.25) is 5.88 Å². The van der Waals surface area contributed by atoms with Crippen molar-refractivity contribution in [2.75, 3.05) is 25.5 Å². The molecule has 0 aliphatic carbocycles. The van der Waals surface area contributed by atoms with E-state index in [0.29, 0.717) is 12.4 Å². The molecule has 0 aliphatic heterocycles. The van der Waals surface area contributed by atoms with Crippen molar-refractivity contribution in [3.8, 4) is 5.88 Å². The number of nitrogens with zero attached hydrogens (tertiary/aromatic N) is 1. The minimum absolute atomic E-state index is 0.608. The Morgan fingerprint density at radius 3 is 3.17 bits per heavy atom. The van der Waals surface area contributed by atoms with Crippen molar-refractivity contribution in [1.82, 2.24) is 4.98 Å². The summed E-state index contributed by atoms with van der Waals surface area (Å²) in [5, 5.41) is 3.12. The van der Waals surface area contributed by atoms with Crippen LogP contribution in [0, 0.1) is 0 Å². The maximum Gasteiger partial charge on any atom is 0.214 e. The first-order valence-electron chi connectivity index (χ1n) is 3.81. The highest BCUT2D eigenvalue weighted by Gasteiger charge is 1.93.